The summed E-state index contributed by atoms with van der Waals surface area (Å²) in [4.78, 5) is 25.8. The maximum absolute atomic E-state index is 13.3. The number of para-hydroxylation sites is 2. The highest BCUT2D eigenvalue weighted by Crippen LogP contribution is 2.43. The number of hydrogen-bond donors (Lipinski definition) is 2. The van der Waals surface area contributed by atoms with Gasteiger partial charge in [-0.2, -0.15) is 5.10 Å². The van der Waals surface area contributed by atoms with Gasteiger partial charge in [0, 0.05) is 16.8 Å². The molecule has 0 bridgehead atoms. The van der Waals surface area contributed by atoms with Crippen molar-refractivity contribution in [1.29, 1.82) is 0 Å². The molecule has 0 atom stereocenters. The monoisotopic (exact) mass is 465 g/mol. The van der Waals surface area contributed by atoms with Gasteiger partial charge in [-0.25, -0.2) is 5.43 Å². The molecule has 7 heteroatoms. The van der Waals surface area contributed by atoms with Gasteiger partial charge in [0.2, 0.25) is 0 Å². The predicted molar refractivity (Wildman–Crippen MR) is 133 cm³/mol. The molecule has 1 aliphatic rings. The Bertz CT molecular complexity index is 1410. The number of carbonyl (C=O) groups excluding carboxylic acids is 2. The summed E-state index contributed by atoms with van der Waals surface area (Å²) >= 11 is 0. The highest BCUT2D eigenvalue weighted by atomic mass is 16.5. The van der Waals surface area contributed by atoms with Crippen LogP contribution in [0.1, 0.15) is 45.7 Å². The molecule has 1 aliphatic heterocycles. The van der Waals surface area contributed by atoms with E-state index in [2.05, 4.69) is 15.8 Å². The molecule has 2 N–H and O–H groups in total. The number of benzene rings is 3. The number of ether oxygens (including phenoxy) is 1. The average Bonchev–Trinajstić information content (AvgIpc) is 3.31. The van der Waals surface area contributed by atoms with Crippen LogP contribution in [0.4, 0.5) is 5.69 Å². The molecule has 3 aromatic carbocycles. The highest BCUT2D eigenvalue weighted by molar-refractivity contribution is 6.06. The van der Waals surface area contributed by atoms with Gasteiger partial charge in [0.25, 0.3) is 11.8 Å². The van der Waals surface area contributed by atoms with Crippen molar-refractivity contribution in [3.63, 3.8) is 0 Å². The fourth-order valence-corrected chi connectivity index (χ4v) is 4.10. The maximum atomic E-state index is 13.3. The van der Waals surface area contributed by atoms with Crippen LogP contribution in [-0.2, 0) is 4.79 Å². The molecule has 5 rings (SSSR count). The second-order valence-electron chi connectivity index (χ2n) is 8.21. The minimum absolute atomic E-state index is 0.256. The van der Waals surface area contributed by atoms with Crippen LogP contribution in [0, 0.1) is 6.92 Å². The third-order valence-electron chi connectivity index (χ3n) is 5.92. The average molecular weight is 466 g/mol. The number of anilines is 1. The minimum Gasteiger partial charge on any atom is -0.469 e. The summed E-state index contributed by atoms with van der Waals surface area (Å²) in [5.74, 6) is 0.805. The fraction of sp³-hybridized carbons (Fsp3) is 0.107. The van der Waals surface area contributed by atoms with Crippen molar-refractivity contribution in [2.75, 3.05) is 5.32 Å². The lowest BCUT2D eigenvalue weighted by Crippen LogP contribution is -2.29. The quantitative estimate of drug-likeness (QED) is 0.296. The van der Waals surface area contributed by atoms with E-state index in [1.165, 1.54) is 6.26 Å². The van der Waals surface area contributed by atoms with Gasteiger partial charge in [0.05, 0.1) is 23.5 Å². The van der Waals surface area contributed by atoms with Gasteiger partial charge in [-0.15, -0.1) is 0 Å². The number of hydrazone groups is 1. The van der Waals surface area contributed by atoms with Crippen LogP contribution in [0.5, 0.6) is 11.5 Å². The molecule has 0 unspecified atom stereocenters. The normalized spacial score (nSPS) is 12.8. The van der Waals surface area contributed by atoms with Gasteiger partial charge in [-0.1, -0.05) is 48.5 Å². The summed E-state index contributed by atoms with van der Waals surface area (Å²) in [6.07, 6.45) is 1.48. The molecule has 0 saturated carbocycles. The standard InChI is InChI=1S/C28H23N3O4/c1-17(19-8-7-9-20(16-19)29-27(32)21-14-15-34-18(21)2)30-31-28(33)26-22-10-3-5-12-24(22)35-25-13-6-4-11-23(25)26/h3-16,26H,1-2H3,(H,29,32)(H,31,33)/b30-17-. The van der Waals surface area contributed by atoms with Crippen molar-refractivity contribution in [2.45, 2.75) is 19.8 Å². The van der Waals surface area contributed by atoms with Crippen molar-refractivity contribution in [3.05, 3.63) is 113 Å². The Labute approximate surface area is 202 Å². The molecule has 35 heavy (non-hydrogen) atoms. The summed E-state index contributed by atoms with van der Waals surface area (Å²) in [5, 5.41) is 7.21. The third-order valence-corrected chi connectivity index (χ3v) is 5.92. The van der Waals surface area contributed by atoms with E-state index in [0.29, 0.717) is 34.2 Å². The SMILES string of the molecule is C/C(=N/NC(=O)C1c2ccccc2Oc2ccccc21)c1cccc(NC(=O)c2ccoc2C)c1. The van der Waals surface area contributed by atoms with Crippen molar-refractivity contribution in [3.8, 4) is 11.5 Å². The summed E-state index contributed by atoms with van der Waals surface area (Å²) in [6.45, 7) is 3.54. The van der Waals surface area contributed by atoms with E-state index < -0.39 is 5.92 Å². The number of aryl methyl sites for hydroxylation is 1. The van der Waals surface area contributed by atoms with Gasteiger partial charge >= 0.3 is 0 Å². The first kappa shape index (κ1) is 22.2. The summed E-state index contributed by atoms with van der Waals surface area (Å²) in [6, 6.07) is 23.9. The Hall–Kier alpha value is -4.65. The second-order valence-corrected chi connectivity index (χ2v) is 8.21. The first-order valence-electron chi connectivity index (χ1n) is 11.2. The second kappa shape index (κ2) is 9.30. The molecule has 2 heterocycles. The van der Waals surface area contributed by atoms with Crippen LogP contribution < -0.4 is 15.5 Å². The lowest BCUT2D eigenvalue weighted by molar-refractivity contribution is -0.121. The number of nitrogens with one attached hydrogen (secondary N) is 2. The zero-order valence-corrected chi connectivity index (χ0v) is 19.2. The first-order chi connectivity index (χ1) is 17.0. The minimum atomic E-state index is -0.545. The third kappa shape index (κ3) is 4.44. The van der Waals surface area contributed by atoms with E-state index in [0.717, 1.165) is 16.7 Å². The van der Waals surface area contributed by atoms with Crippen LogP contribution in [0.25, 0.3) is 0 Å². The Morgan fingerprint density at radius 1 is 0.886 bits per heavy atom. The fourth-order valence-electron chi connectivity index (χ4n) is 4.10. The van der Waals surface area contributed by atoms with Crippen LogP contribution in [0.3, 0.4) is 0 Å². The molecule has 174 valence electrons. The van der Waals surface area contributed by atoms with E-state index in [1.54, 1.807) is 32.0 Å². The Morgan fingerprint density at radius 3 is 2.23 bits per heavy atom. The van der Waals surface area contributed by atoms with E-state index in [-0.39, 0.29) is 11.8 Å². The predicted octanol–water partition coefficient (Wildman–Crippen LogP) is 5.62. The molecule has 0 radical (unpaired) electrons. The molecule has 4 aromatic rings. The van der Waals surface area contributed by atoms with Gasteiger partial charge in [0.15, 0.2) is 0 Å². The Balaban J connectivity index is 1.35. The smallest absolute Gasteiger partial charge is 0.259 e. The molecule has 7 nitrogen and oxygen atoms in total. The Kier molecular flexibility index (Phi) is 5.89. The highest BCUT2D eigenvalue weighted by Gasteiger charge is 2.32. The van der Waals surface area contributed by atoms with Crippen LogP contribution >= 0.6 is 0 Å². The number of amides is 2. The largest absolute Gasteiger partial charge is 0.469 e. The molecular formula is C28H23N3O4. The lowest BCUT2D eigenvalue weighted by Gasteiger charge is -2.26. The van der Waals surface area contributed by atoms with Gasteiger partial charge in [0.1, 0.15) is 17.3 Å². The summed E-state index contributed by atoms with van der Waals surface area (Å²) in [5.41, 5.74) is 6.74. The van der Waals surface area contributed by atoms with Crippen molar-refractivity contribution in [2.24, 2.45) is 5.10 Å². The van der Waals surface area contributed by atoms with Crippen molar-refractivity contribution >= 4 is 23.2 Å². The number of carbonyl (C=O) groups is 2. The summed E-state index contributed by atoms with van der Waals surface area (Å²) < 4.78 is 11.2. The molecule has 0 saturated heterocycles. The van der Waals surface area contributed by atoms with Crippen molar-refractivity contribution < 1.29 is 18.7 Å². The lowest BCUT2D eigenvalue weighted by atomic mass is 9.87. The molecule has 0 aliphatic carbocycles. The van der Waals surface area contributed by atoms with Gasteiger partial charge in [-0.3, -0.25) is 9.59 Å². The van der Waals surface area contributed by atoms with E-state index in [1.807, 2.05) is 60.7 Å². The summed E-state index contributed by atoms with van der Waals surface area (Å²) in [7, 11) is 0. The van der Waals surface area contributed by atoms with Crippen LogP contribution in [0.15, 0.2) is 94.6 Å². The number of rotatable bonds is 5. The molecule has 1 aromatic heterocycles. The van der Waals surface area contributed by atoms with E-state index in [9.17, 15) is 9.59 Å². The van der Waals surface area contributed by atoms with Crippen LogP contribution in [-0.4, -0.2) is 17.5 Å². The van der Waals surface area contributed by atoms with Gasteiger partial charge < -0.3 is 14.5 Å². The van der Waals surface area contributed by atoms with Crippen molar-refractivity contribution in [1.82, 2.24) is 5.43 Å². The molecular weight excluding hydrogens is 442 g/mol. The zero-order chi connectivity index (χ0) is 24.4. The Morgan fingerprint density at radius 2 is 1.57 bits per heavy atom. The number of hydrogen-bond acceptors (Lipinski definition) is 5. The topological polar surface area (TPSA) is 92.9 Å². The van der Waals surface area contributed by atoms with Crippen LogP contribution in [0.2, 0.25) is 0 Å². The number of fused-ring (bicyclic) bond motifs is 2. The number of nitrogens with zero attached hydrogens (tertiary/aromatic N) is 1. The van der Waals surface area contributed by atoms with Gasteiger partial charge in [-0.05, 0) is 49.7 Å². The first-order valence-corrected chi connectivity index (χ1v) is 11.2. The van der Waals surface area contributed by atoms with E-state index >= 15 is 0 Å². The van der Waals surface area contributed by atoms with E-state index in [4.69, 9.17) is 9.15 Å². The molecule has 0 fully saturated rings. The maximum Gasteiger partial charge on any atom is 0.259 e. The molecule has 0 spiro atoms. The molecule has 2 amide bonds. The number of furan rings is 1. The zero-order valence-electron chi connectivity index (χ0n) is 19.2.